The summed E-state index contributed by atoms with van der Waals surface area (Å²) in [6.07, 6.45) is 0. The quantitative estimate of drug-likeness (QED) is 0.574. The van der Waals surface area contributed by atoms with Crippen molar-refractivity contribution in [3.63, 3.8) is 0 Å². The Kier molecular flexibility index (Phi) is 3.53. The Morgan fingerprint density at radius 2 is 2.05 bits per heavy atom. The van der Waals surface area contributed by atoms with Crippen LogP contribution in [0, 0.1) is 4.64 Å². The average molecular weight is 299 g/mol. The van der Waals surface area contributed by atoms with Crippen molar-refractivity contribution in [2.45, 2.75) is 6.92 Å². The summed E-state index contributed by atoms with van der Waals surface area (Å²) in [7, 11) is 0. The number of pyridine rings is 1. The molecule has 0 spiro atoms. The lowest BCUT2D eigenvalue weighted by Crippen LogP contribution is -2.06. The summed E-state index contributed by atoms with van der Waals surface area (Å²) in [5.74, 6) is -0.454. The highest BCUT2D eigenvalue weighted by Crippen LogP contribution is 2.23. The third kappa shape index (κ3) is 2.45. The molecule has 0 radical (unpaired) electrons. The molecule has 0 unspecified atom stereocenters. The van der Waals surface area contributed by atoms with Crippen LogP contribution in [0.4, 0.5) is 0 Å². The summed E-state index contributed by atoms with van der Waals surface area (Å²) in [5, 5.41) is 6.71. The fourth-order valence-corrected chi connectivity index (χ4v) is 2.39. The number of nitrogens with one attached hydrogen (secondary N) is 2. The van der Waals surface area contributed by atoms with E-state index in [1.165, 1.54) is 0 Å². The second-order valence-corrected chi connectivity index (χ2v) is 4.85. The number of nitrogens with zero attached hydrogens (tertiary/aromatic N) is 1. The van der Waals surface area contributed by atoms with E-state index in [1.807, 2.05) is 36.4 Å². The maximum Gasteiger partial charge on any atom is 0.343 e. The standard InChI is InChI=1S/C15H13N3O2S/c1-2-20-15(19)12-13(17-18-14(12)21)11-8-7-9-5-3-4-6-10(9)16-11/h3-8H,2H2,1H3,(H2,17,18,21). The Morgan fingerprint density at radius 3 is 2.86 bits per heavy atom. The molecule has 0 fully saturated rings. The molecule has 6 heteroatoms. The summed E-state index contributed by atoms with van der Waals surface area (Å²) < 4.78 is 5.36. The zero-order chi connectivity index (χ0) is 14.8. The van der Waals surface area contributed by atoms with Gasteiger partial charge in [-0.15, -0.1) is 0 Å². The van der Waals surface area contributed by atoms with Gasteiger partial charge in [0.2, 0.25) is 0 Å². The van der Waals surface area contributed by atoms with E-state index in [1.54, 1.807) is 6.92 Å². The van der Waals surface area contributed by atoms with Crippen LogP contribution in [-0.4, -0.2) is 27.8 Å². The van der Waals surface area contributed by atoms with Crippen molar-refractivity contribution < 1.29 is 9.53 Å². The molecule has 0 bridgehead atoms. The molecule has 2 heterocycles. The van der Waals surface area contributed by atoms with Crippen molar-refractivity contribution >= 4 is 29.1 Å². The van der Waals surface area contributed by atoms with Crippen molar-refractivity contribution in [1.29, 1.82) is 0 Å². The first-order valence-corrected chi connectivity index (χ1v) is 6.95. The summed E-state index contributed by atoms with van der Waals surface area (Å²) >= 11 is 5.14. The van der Waals surface area contributed by atoms with Gasteiger partial charge in [-0.2, -0.15) is 0 Å². The lowest BCUT2D eigenvalue weighted by atomic mass is 10.1. The molecule has 106 valence electrons. The summed E-state index contributed by atoms with van der Waals surface area (Å²) in [5.41, 5.74) is 2.35. The molecule has 3 aromatic rings. The van der Waals surface area contributed by atoms with Gasteiger partial charge in [0, 0.05) is 5.39 Å². The van der Waals surface area contributed by atoms with E-state index in [4.69, 9.17) is 17.0 Å². The van der Waals surface area contributed by atoms with Gasteiger partial charge in [0.1, 0.15) is 10.2 Å². The number of rotatable bonds is 3. The summed E-state index contributed by atoms with van der Waals surface area (Å²) in [6, 6.07) is 11.6. The van der Waals surface area contributed by atoms with Crippen LogP contribution in [0.25, 0.3) is 22.3 Å². The molecule has 0 aliphatic carbocycles. The second kappa shape index (κ2) is 5.49. The van der Waals surface area contributed by atoms with Crippen LogP contribution in [0.1, 0.15) is 17.3 Å². The minimum Gasteiger partial charge on any atom is -0.462 e. The van der Waals surface area contributed by atoms with E-state index in [-0.39, 0.29) is 0 Å². The lowest BCUT2D eigenvalue weighted by molar-refractivity contribution is 0.0526. The Labute approximate surface area is 126 Å². The first-order chi connectivity index (χ1) is 10.2. The van der Waals surface area contributed by atoms with Gasteiger partial charge in [-0.05, 0) is 19.1 Å². The number of ether oxygens (including phenoxy) is 1. The van der Waals surface area contributed by atoms with Gasteiger partial charge in [0.15, 0.2) is 0 Å². The largest absolute Gasteiger partial charge is 0.462 e. The number of benzene rings is 1. The van der Waals surface area contributed by atoms with Gasteiger partial charge in [-0.1, -0.05) is 36.5 Å². The van der Waals surface area contributed by atoms with Crippen molar-refractivity contribution in [2.75, 3.05) is 6.61 Å². The van der Waals surface area contributed by atoms with Gasteiger partial charge >= 0.3 is 5.97 Å². The maximum absolute atomic E-state index is 12.0. The predicted octanol–water partition coefficient (Wildman–Crippen LogP) is 3.46. The Hall–Kier alpha value is -2.47. The van der Waals surface area contributed by atoms with Crippen LogP contribution >= 0.6 is 12.2 Å². The van der Waals surface area contributed by atoms with Crippen LogP contribution < -0.4 is 0 Å². The molecule has 0 aliphatic rings. The zero-order valence-electron chi connectivity index (χ0n) is 11.3. The molecule has 5 nitrogen and oxygen atoms in total. The third-order valence-electron chi connectivity index (χ3n) is 3.11. The number of aromatic amines is 2. The van der Waals surface area contributed by atoms with E-state index < -0.39 is 5.97 Å². The first kappa shape index (κ1) is 13.5. The topological polar surface area (TPSA) is 70.8 Å². The van der Waals surface area contributed by atoms with E-state index in [0.29, 0.717) is 28.2 Å². The molecular formula is C15H13N3O2S. The number of hydrogen-bond acceptors (Lipinski definition) is 4. The van der Waals surface area contributed by atoms with Crippen molar-refractivity contribution in [2.24, 2.45) is 0 Å². The van der Waals surface area contributed by atoms with Crippen LogP contribution in [0.5, 0.6) is 0 Å². The SMILES string of the molecule is CCOC(=O)c1c(-c2ccc3ccccc3n2)[nH][nH]c1=S. The normalized spacial score (nSPS) is 10.7. The molecule has 0 saturated carbocycles. The molecule has 0 saturated heterocycles. The van der Waals surface area contributed by atoms with Crippen LogP contribution in [0.15, 0.2) is 36.4 Å². The number of para-hydroxylation sites is 1. The predicted molar refractivity (Wildman–Crippen MR) is 82.7 cm³/mol. The molecule has 1 aromatic carbocycles. The third-order valence-corrected chi connectivity index (χ3v) is 3.42. The Morgan fingerprint density at radius 1 is 1.24 bits per heavy atom. The number of carbonyl (C=O) groups is 1. The fraction of sp³-hybridized carbons (Fsp3) is 0.133. The molecule has 3 rings (SSSR count). The van der Waals surface area contributed by atoms with E-state index >= 15 is 0 Å². The summed E-state index contributed by atoms with van der Waals surface area (Å²) in [4.78, 5) is 16.6. The molecule has 2 aromatic heterocycles. The molecule has 0 amide bonds. The molecule has 0 aliphatic heterocycles. The highest BCUT2D eigenvalue weighted by molar-refractivity contribution is 7.71. The number of H-pyrrole nitrogens is 2. The molecule has 21 heavy (non-hydrogen) atoms. The summed E-state index contributed by atoms with van der Waals surface area (Å²) in [6.45, 7) is 2.05. The van der Waals surface area contributed by atoms with Gasteiger partial charge in [0.05, 0.1) is 23.5 Å². The first-order valence-electron chi connectivity index (χ1n) is 6.54. The number of esters is 1. The highest BCUT2D eigenvalue weighted by atomic mass is 32.1. The zero-order valence-corrected chi connectivity index (χ0v) is 12.2. The van der Waals surface area contributed by atoms with E-state index in [0.717, 1.165) is 10.9 Å². The second-order valence-electron chi connectivity index (χ2n) is 4.44. The maximum atomic E-state index is 12.0. The van der Waals surface area contributed by atoms with Crippen molar-refractivity contribution in [1.82, 2.24) is 15.2 Å². The minimum atomic E-state index is -0.454. The minimum absolute atomic E-state index is 0.295. The molecule has 0 atom stereocenters. The molecular weight excluding hydrogens is 286 g/mol. The van der Waals surface area contributed by atoms with Crippen LogP contribution in [0.2, 0.25) is 0 Å². The molecule has 2 N–H and O–H groups in total. The number of aromatic nitrogens is 3. The number of fused-ring (bicyclic) bond motifs is 1. The monoisotopic (exact) mass is 299 g/mol. The van der Waals surface area contributed by atoms with Gasteiger partial charge in [-0.3, -0.25) is 10.2 Å². The Bertz CT molecular complexity index is 866. The van der Waals surface area contributed by atoms with Crippen LogP contribution in [-0.2, 0) is 4.74 Å². The highest BCUT2D eigenvalue weighted by Gasteiger charge is 2.19. The van der Waals surface area contributed by atoms with E-state index in [9.17, 15) is 4.79 Å². The van der Waals surface area contributed by atoms with Gasteiger partial charge in [-0.25, -0.2) is 9.78 Å². The average Bonchev–Trinajstić information content (AvgIpc) is 2.89. The van der Waals surface area contributed by atoms with Crippen LogP contribution in [0.3, 0.4) is 0 Å². The van der Waals surface area contributed by atoms with Crippen molar-refractivity contribution in [3.05, 3.63) is 46.6 Å². The number of hydrogen-bond donors (Lipinski definition) is 2. The van der Waals surface area contributed by atoms with Gasteiger partial charge in [0.25, 0.3) is 0 Å². The van der Waals surface area contributed by atoms with Gasteiger partial charge < -0.3 is 4.74 Å². The van der Waals surface area contributed by atoms with Crippen molar-refractivity contribution in [3.8, 4) is 11.4 Å². The van der Waals surface area contributed by atoms with E-state index in [2.05, 4.69) is 15.2 Å². The number of carbonyl (C=O) groups excluding carboxylic acids is 1. The fourth-order valence-electron chi connectivity index (χ4n) is 2.15. The Balaban J connectivity index is 2.14. The smallest absolute Gasteiger partial charge is 0.343 e. The lowest BCUT2D eigenvalue weighted by Gasteiger charge is -2.04.